The third kappa shape index (κ3) is 5.46. The second kappa shape index (κ2) is 7.81. The molecule has 0 aliphatic heterocycles. The van der Waals surface area contributed by atoms with Gasteiger partial charge in [0.1, 0.15) is 17.6 Å². The minimum Gasteiger partial charge on any atom is -0.377 e. The molecule has 6 nitrogen and oxygen atoms in total. The van der Waals surface area contributed by atoms with Gasteiger partial charge in [-0.3, -0.25) is 4.79 Å². The molecule has 2 N–H and O–H groups in total. The molecule has 0 spiro atoms. The Bertz CT molecular complexity index is 362. The van der Waals surface area contributed by atoms with Gasteiger partial charge in [0, 0.05) is 26.3 Å². The number of methoxy groups -OCH3 is 1. The van der Waals surface area contributed by atoms with E-state index in [-0.39, 0.29) is 0 Å². The van der Waals surface area contributed by atoms with Gasteiger partial charge in [-0.1, -0.05) is 11.6 Å². The highest BCUT2D eigenvalue weighted by Crippen LogP contribution is 2.11. The summed E-state index contributed by atoms with van der Waals surface area (Å²) in [5, 5.41) is 6.05. The predicted molar refractivity (Wildman–Crippen MR) is 64.9 cm³/mol. The highest BCUT2D eigenvalue weighted by molar-refractivity contribution is 6.29. The van der Waals surface area contributed by atoms with Gasteiger partial charge in [-0.25, -0.2) is 9.97 Å². The topological polar surface area (TPSA) is 76.1 Å². The molecular formula is C10H15ClN4O2. The zero-order valence-corrected chi connectivity index (χ0v) is 10.3. The van der Waals surface area contributed by atoms with Crippen LogP contribution in [0, 0.1) is 0 Å². The van der Waals surface area contributed by atoms with E-state index in [1.54, 1.807) is 13.2 Å². The molecule has 0 aliphatic carbocycles. The van der Waals surface area contributed by atoms with Crippen LogP contribution in [0.2, 0.25) is 5.15 Å². The lowest BCUT2D eigenvalue weighted by atomic mass is 10.4. The summed E-state index contributed by atoms with van der Waals surface area (Å²) >= 11 is 5.84. The van der Waals surface area contributed by atoms with Crippen molar-refractivity contribution in [2.24, 2.45) is 0 Å². The van der Waals surface area contributed by atoms with Crippen molar-refractivity contribution >= 4 is 23.8 Å². The molecule has 1 rings (SSSR count). The fourth-order valence-electron chi connectivity index (χ4n) is 1.21. The first-order valence-corrected chi connectivity index (χ1v) is 5.57. The molecule has 0 fully saturated rings. The number of anilines is 1. The van der Waals surface area contributed by atoms with E-state index in [4.69, 9.17) is 16.3 Å². The van der Waals surface area contributed by atoms with Crippen LogP contribution in [0.5, 0.6) is 0 Å². The van der Waals surface area contributed by atoms with Crippen molar-refractivity contribution < 1.29 is 9.53 Å². The number of aromatic nitrogens is 2. The first-order valence-electron chi connectivity index (χ1n) is 5.19. The molecule has 0 atom stereocenters. The second-order valence-corrected chi connectivity index (χ2v) is 3.66. The van der Waals surface area contributed by atoms with Crippen molar-refractivity contribution in [1.82, 2.24) is 15.3 Å². The van der Waals surface area contributed by atoms with Crippen molar-refractivity contribution in [3.05, 3.63) is 17.0 Å². The number of carbonyl (C=O) groups is 1. The molecule has 94 valence electrons. The van der Waals surface area contributed by atoms with Crippen LogP contribution in [0.25, 0.3) is 0 Å². The monoisotopic (exact) mass is 258 g/mol. The molecule has 0 bridgehead atoms. The number of ether oxygens (including phenoxy) is 1. The average Bonchev–Trinajstić information content (AvgIpc) is 2.28. The van der Waals surface area contributed by atoms with Crippen LogP contribution in [0.15, 0.2) is 6.07 Å². The van der Waals surface area contributed by atoms with Crippen molar-refractivity contribution in [2.45, 2.75) is 13.0 Å². The average molecular weight is 259 g/mol. The summed E-state index contributed by atoms with van der Waals surface area (Å²) in [4.78, 5) is 18.2. The van der Waals surface area contributed by atoms with Gasteiger partial charge >= 0.3 is 0 Å². The SMILES string of the molecule is COCc1nc(Cl)cc(NCCCNC=O)n1. The van der Waals surface area contributed by atoms with E-state index in [0.717, 1.165) is 6.42 Å². The molecule has 7 heteroatoms. The van der Waals surface area contributed by atoms with Crippen molar-refractivity contribution in [3.8, 4) is 0 Å². The summed E-state index contributed by atoms with van der Waals surface area (Å²) < 4.78 is 4.94. The lowest BCUT2D eigenvalue weighted by molar-refractivity contribution is -0.109. The summed E-state index contributed by atoms with van der Waals surface area (Å²) in [6.07, 6.45) is 1.48. The van der Waals surface area contributed by atoms with E-state index in [1.807, 2.05) is 0 Å². The minimum absolute atomic E-state index is 0.321. The van der Waals surface area contributed by atoms with Gasteiger partial charge < -0.3 is 15.4 Å². The quantitative estimate of drug-likeness (QED) is 0.410. The number of hydrogen-bond donors (Lipinski definition) is 2. The Morgan fingerprint density at radius 1 is 1.47 bits per heavy atom. The molecule has 1 heterocycles. The zero-order valence-electron chi connectivity index (χ0n) is 9.57. The van der Waals surface area contributed by atoms with Crippen LogP contribution in [-0.2, 0) is 16.1 Å². The van der Waals surface area contributed by atoms with E-state index < -0.39 is 0 Å². The Balaban J connectivity index is 2.43. The standard InChI is InChI=1S/C10H15ClN4O2/c1-17-6-10-14-8(11)5-9(15-10)13-4-2-3-12-7-16/h5,7H,2-4,6H2,1H3,(H,12,16)(H,13,14,15). The molecule has 0 radical (unpaired) electrons. The largest absolute Gasteiger partial charge is 0.377 e. The van der Waals surface area contributed by atoms with Crippen LogP contribution in [0.3, 0.4) is 0 Å². The molecule has 17 heavy (non-hydrogen) atoms. The Morgan fingerprint density at radius 3 is 3.00 bits per heavy atom. The van der Waals surface area contributed by atoms with Crippen LogP contribution < -0.4 is 10.6 Å². The Labute approximate surface area is 105 Å². The maximum absolute atomic E-state index is 10.0. The van der Waals surface area contributed by atoms with Gasteiger partial charge in [0.2, 0.25) is 6.41 Å². The highest BCUT2D eigenvalue weighted by Gasteiger charge is 2.02. The zero-order chi connectivity index (χ0) is 12.5. The molecule has 0 unspecified atom stereocenters. The lowest BCUT2D eigenvalue weighted by Gasteiger charge is -2.07. The number of nitrogens with one attached hydrogen (secondary N) is 2. The van der Waals surface area contributed by atoms with Crippen molar-refractivity contribution in [1.29, 1.82) is 0 Å². The van der Waals surface area contributed by atoms with Gasteiger partial charge in [0.05, 0.1) is 0 Å². The highest BCUT2D eigenvalue weighted by atomic mass is 35.5. The van der Waals surface area contributed by atoms with Gasteiger partial charge in [-0.15, -0.1) is 0 Å². The molecule has 0 saturated carbocycles. The first-order chi connectivity index (χ1) is 8.26. The number of halogens is 1. The lowest BCUT2D eigenvalue weighted by Crippen LogP contribution is -2.16. The maximum Gasteiger partial charge on any atom is 0.207 e. The summed E-state index contributed by atoms with van der Waals surface area (Å²) in [5.41, 5.74) is 0. The first kappa shape index (κ1) is 13.7. The molecule has 1 aromatic rings. The second-order valence-electron chi connectivity index (χ2n) is 3.28. The van der Waals surface area contributed by atoms with Gasteiger partial charge in [0.15, 0.2) is 5.82 Å². The number of hydrogen-bond acceptors (Lipinski definition) is 5. The number of carbonyl (C=O) groups excluding carboxylic acids is 1. The summed E-state index contributed by atoms with van der Waals surface area (Å²) in [5.74, 6) is 1.19. The van der Waals surface area contributed by atoms with Gasteiger partial charge in [-0.2, -0.15) is 0 Å². The van der Waals surface area contributed by atoms with Crippen LogP contribution in [0.1, 0.15) is 12.2 Å². The number of nitrogens with zero attached hydrogens (tertiary/aromatic N) is 2. The summed E-state index contributed by atoms with van der Waals surface area (Å²) in [6.45, 7) is 1.64. The van der Waals surface area contributed by atoms with Crippen LogP contribution >= 0.6 is 11.6 Å². The van der Waals surface area contributed by atoms with Crippen LogP contribution in [0.4, 0.5) is 5.82 Å². The molecule has 1 amide bonds. The fraction of sp³-hybridized carbons (Fsp3) is 0.500. The minimum atomic E-state index is 0.321. The molecule has 0 aromatic carbocycles. The Hall–Kier alpha value is -1.40. The number of amides is 1. The third-order valence-electron chi connectivity index (χ3n) is 1.90. The third-order valence-corrected chi connectivity index (χ3v) is 2.10. The molecule has 0 saturated heterocycles. The van der Waals surface area contributed by atoms with E-state index >= 15 is 0 Å². The van der Waals surface area contributed by atoms with E-state index in [1.165, 1.54) is 0 Å². The van der Waals surface area contributed by atoms with E-state index in [9.17, 15) is 4.79 Å². The Kier molecular flexibility index (Phi) is 6.27. The van der Waals surface area contributed by atoms with Gasteiger partial charge in [-0.05, 0) is 6.42 Å². The van der Waals surface area contributed by atoms with E-state index in [0.29, 0.717) is 42.9 Å². The summed E-state index contributed by atoms with van der Waals surface area (Å²) in [7, 11) is 1.57. The molecule has 1 aromatic heterocycles. The normalized spacial score (nSPS) is 10.0. The van der Waals surface area contributed by atoms with Gasteiger partial charge in [0.25, 0.3) is 0 Å². The summed E-state index contributed by atoms with van der Waals surface area (Å²) in [6, 6.07) is 1.65. The fourth-order valence-corrected chi connectivity index (χ4v) is 1.42. The molecule has 0 aliphatic rings. The van der Waals surface area contributed by atoms with Crippen LogP contribution in [-0.4, -0.2) is 36.6 Å². The predicted octanol–water partition coefficient (Wildman–Crippen LogP) is 0.824. The Morgan fingerprint density at radius 2 is 2.29 bits per heavy atom. The number of rotatable bonds is 8. The maximum atomic E-state index is 10.0. The van der Waals surface area contributed by atoms with E-state index in [2.05, 4.69) is 20.6 Å². The smallest absolute Gasteiger partial charge is 0.207 e. The van der Waals surface area contributed by atoms with Crippen molar-refractivity contribution in [2.75, 3.05) is 25.5 Å². The van der Waals surface area contributed by atoms with Crippen molar-refractivity contribution in [3.63, 3.8) is 0 Å². The molecular weight excluding hydrogens is 244 g/mol.